The lowest BCUT2D eigenvalue weighted by molar-refractivity contribution is -0.124. The van der Waals surface area contributed by atoms with Crippen molar-refractivity contribution in [1.29, 1.82) is 0 Å². The first-order chi connectivity index (χ1) is 17.2. The number of hydrogen-bond acceptors (Lipinski definition) is 8. The van der Waals surface area contributed by atoms with Gasteiger partial charge in [-0.2, -0.15) is 0 Å². The first kappa shape index (κ1) is 30.5. The Morgan fingerprint density at radius 1 is 1.08 bits per heavy atom. The number of Topliss-reactive ketones (excluding diaryl/α,β-unsaturated/α-hetero) is 1. The number of amides is 2. The predicted molar refractivity (Wildman–Crippen MR) is 147 cm³/mol. The van der Waals surface area contributed by atoms with E-state index in [4.69, 9.17) is 14.2 Å². The molecule has 0 aliphatic carbocycles. The van der Waals surface area contributed by atoms with Crippen LogP contribution in [0.25, 0.3) is 0 Å². The molecule has 1 aliphatic heterocycles. The third kappa shape index (κ3) is 14.7. The monoisotopic (exact) mass is 540 g/mol. The highest BCUT2D eigenvalue weighted by Gasteiger charge is 2.17. The summed E-state index contributed by atoms with van der Waals surface area (Å²) in [6, 6.07) is 7.08. The quantitative estimate of drug-likeness (QED) is 0.223. The number of ether oxygens (including phenoxy) is 3. The van der Waals surface area contributed by atoms with Gasteiger partial charge in [0.2, 0.25) is 5.91 Å². The third-order valence-electron chi connectivity index (χ3n) is 5.08. The molecule has 1 aromatic carbocycles. The van der Waals surface area contributed by atoms with Gasteiger partial charge in [-0.1, -0.05) is 40.1 Å². The van der Waals surface area contributed by atoms with Crippen LogP contribution in [-0.2, 0) is 30.2 Å². The number of ketones is 1. The smallest absolute Gasteiger partial charge is 0.412 e. The topological polar surface area (TPSA) is 103 Å². The maximum Gasteiger partial charge on any atom is 0.412 e. The lowest BCUT2D eigenvalue weighted by Gasteiger charge is -2.19. The van der Waals surface area contributed by atoms with E-state index in [1.807, 2.05) is 27.7 Å². The zero-order valence-corrected chi connectivity index (χ0v) is 23.3. The van der Waals surface area contributed by atoms with Gasteiger partial charge in [-0.25, -0.2) is 4.79 Å². The zero-order chi connectivity index (χ0) is 26.2. The van der Waals surface area contributed by atoms with Crippen molar-refractivity contribution in [3.63, 3.8) is 0 Å². The minimum absolute atomic E-state index is 0.0120. The molecule has 1 atom stereocenters. The molecule has 0 radical (unpaired) electrons. The van der Waals surface area contributed by atoms with Gasteiger partial charge in [0, 0.05) is 36.1 Å². The lowest BCUT2D eigenvalue weighted by atomic mass is 10.1. The van der Waals surface area contributed by atoms with Gasteiger partial charge in [0.25, 0.3) is 0 Å². The fourth-order valence-corrected chi connectivity index (χ4v) is 6.47. The summed E-state index contributed by atoms with van der Waals surface area (Å²) in [5.41, 5.74) is 0.762. The molecule has 36 heavy (non-hydrogen) atoms. The lowest BCUT2D eigenvalue weighted by Crippen LogP contribution is -2.27. The van der Waals surface area contributed by atoms with Crippen LogP contribution in [0.3, 0.4) is 0 Å². The van der Waals surface area contributed by atoms with Gasteiger partial charge in [-0.15, -0.1) is 0 Å². The van der Waals surface area contributed by atoms with Crippen LogP contribution in [0.5, 0.6) is 0 Å². The molecule has 1 heterocycles. The molecule has 1 aliphatic rings. The van der Waals surface area contributed by atoms with E-state index in [2.05, 4.69) is 10.6 Å². The fraction of sp³-hybridized carbons (Fsp3) is 0.654. The molecule has 1 unspecified atom stereocenters. The van der Waals surface area contributed by atoms with Crippen molar-refractivity contribution in [2.75, 3.05) is 44.0 Å². The Morgan fingerprint density at radius 3 is 2.64 bits per heavy atom. The number of carbonyl (C=O) groups excluding carboxylic acids is 3. The van der Waals surface area contributed by atoms with Gasteiger partial charge in [0.1, 0.15) is 12.2 Å². The van der Waals surface area contributed by atoms with Crippen molar-refractivity contribution in [3.8, 4) is 0 Å². The second-order valence-electron chi connectivity index (χ2n) is 9.63. The van der Waals surface area contributed by atoms with Crippen LogP contribution in [-0.4, -0.2) is 67.4 Å². The molecule has 8 nitrogen and oxygen atoms in total. The largest absolute Gasteiger partial charge is 0.444 e. The molecular weight excluding hydrogens is 500 g/mol. The molecule has 2 N–H and O–H groups in total. The van der Waals surface area contributed by atoms with Gasteiger partial charge in [-0.05, 0) is 57.7 Å². The van der Waals surface area contributed by atoms with E-state index in [9.17, 15) is 14.4 Å². The van der Waals surface area contributed by atoms with Crippen LogP contribution in [0.15, 0.2) is 24.3 Å². The molecule has 0 bridgehead atoms. The minimum atomic E-state index is -0.584. The Hall–Kier alpha value is -1.75. The second-order valence-corrected chi connectivity index (χ2v) is 12.4. The number of unbranched alkanes of at least 4 members (excludes halogenated alkanes) is 1. The standard InChI is InChI=1S/C26H40N2O6S2/c1-26(2,3)34-25(31)28-21-8-6-7-20(17-21)18-22(29)19-33-15-14-32-13-12-27-24(30)10-5-4-9-23-11-16-35-36-23/h6-8,17,23H,4-5,9-16,18-19H2,1-3H3,(H,27,30)(H,28,31). The van der Waals surface area contributed by atoms with Crippen molar-refractivity contribution in [3.05, 3.63) is 29.8 Å². The average Bonchev–Trinajstić information content (AvgIpc) is 3.31. The van der Waals surface area contributed by atoms with E-state index >= 15 is 0 Å². The summed E-state index contributed by atoms with van der Waals surface area (Å²) < 4.78 is 16.1. The van der Waals surface area contributed by atoms with Crippen LogP contribution >= 0.6 is 21.6 Å². The highest BCUT2D eigenvalue weighted by atomic mass is 33.1. The fourth-order valence-electron chi connectivity index (χ4n) is 3.44. The third-order valence-corrected chi connectivity index (χ3v) is 8.09. The van der Waals surface area contributed by atoms with Gasteiger partial charge >= 0.3 is 6.09 Å². The number of carbonyl (C=O) groups is 3. The average molecular weight is 541 g/mol. The van der Waals surface area contributed by atoms with E-state index in [0.717, 1.165) is 23.7 Å². The van der Waals surface area contributed by atoms with Gasteiger partial charge < -0.3 is 19.5 Å². The van der Waals surface area contributed by atoms with Crippen LogP contribution in [0, 0.1) is 0 Å². The van der Waals surface area contributed by atoms with Gasteiger partial charge in [0.15, 0.2) is 5.78 Å². The normalized spacial score (nSPS) is 15.5. The molecule has 0 saturated carbocycles. The summed E-state index contributed by atoms with van der Waals surface area (Å²) in [5.74, 6) is 1.25. The summed E-state index contributed by atoms with van der Waals surface area (Å²) in [6.45, 7) is 6.92. The van der Waals surface area contributed by atoms with Crippen molar-refractivity contribution in [1.82, 2.24) is 5.32 Å². The molecule has 2 rings (SSSR count). The van der Waals surface area contributed by atoms with Crippen molar-refractivity contribution >= 4 is 45.1 Å². The molecule has 1 fully saturated rings. The van der Waals surface area contributed by atoms with Crippen molar-refractivity contribution < 1.29 is 28.6 Å². The van der Waals surface area contributed by atoms with Crippen LogP contribution < -0.4 is 10.6 Å². The van der Waals surface area contributed by atoms with Gasteiger partial charge in [0.05, 0.1) is 19.8 Å². The SMILES string of the molecule is CC(C)(C)OC(=O)Nc1cccc(CC(=O)COCCOCCNC(=O)CCCCC2CCSS2)c1. The Bertz CT molecular complexity index is 825. The predicted octanol–water partition coefficient (Wildman–Crippen LogP) is 5.01. The van der Waals surface area contributed by atoms with Gasteiger partial charge in [-0.3, -0.25) is 14.9 Å². The van der Waals surface area contributed by atoms with E-state index in [-0.39, 0.29) is 24.7 Å². The molecule has 1 saturated heterocycles. The number of rotatable bonds is 16. The number of benzene rings is 1. The highest BCUT2D eigenvalue weighted by Crippen LogP contribution is 2.39. The maximum atomic E-state index is 12.2. The molecule has 1 aromatic rings. The molecule has 0 aromatic heterocycles. The van der Waals surface area contributed by atoms with Crippen LogP contribution in [0.1, 0.15) is 58.4 Å². The summed E-state index contributed by atoms with van der Waals surface area (Å²) in [7, 11) is 3.94. The van der Waals surface area contributed by atoms with Crippen molar-refractivity contribution in [2.24, 2.45) is 0 Å². The Balaban J connectivity index is 1.46. The van der Waals surface area contributed by atoms with Crippen molar-refractivity contribution in [2.45, 2.75) is 70.1 Å². The molecular formula is C26H40N2O6S2. The highest BCUT2D eigenvalue weighted by molar-refractivity contribution is 8.77. The van der Waals surface area contributed by atoms with Crippen LogP contribution in [0.4, 0.5) is 10.5 Å². The van der Waals surface area contributed by atoms with E-state index < -0.39 is 11.7 Å². The summed E-state index contributed by atoms with van der Waals surface area (Å²) in [6.07, 6.45) is 4.76. The molecule has 10 heteroatoms. The second kappa shape index (κ2) is 16.9. The van der Waals surface area contributed by atoms with E-state index in [0.29, 0.717) is 38.5 Å². The molecule has 202 valence electrons. The maximum absolute atomic E-state index is 12.2. The first-order valence-electron chi connectivity index (χ1n) is 12.5. The molecule has 0 spiro atoms. The zero-order valence-electron chi connectivity index (χ0n) is 21.6. The summed E-state index contributed by atoms with van der Waals surface area (Å²) in [4.78, 5) is 36.0. The van der Waals surface area contributed by atoms with E-state index in [1.165, 1.54) is 18.6 Å². The van der Waals surface area contributed by atoms with Crippen LogP contribution in [0.2, 0.25) is 0 Å². The first-order valence-corrected chi connectivity index (χ1v) is 14.9. The Labute approximate surface area is 222 Å². The minimum Gasteiger partial charge on any atom is -0.444 e. The van der Waals surface area contributed by atoms with E-state index in [1.54, 1.807) is 39.0 Å². The summed E-state index contributed by atoms with van der Waals surface area (Å²) in [5, 5.41) is 6.31. The Morgan fingerprint density at radius 2 is 1.89 bits per heavy atom. The number of anilines is 1. The number of nitrogens with one attached hydrogen (secondary N) is 2. The summed E-state index contributed by atoms with van der Waals surface area (Å²) >= 11 is 0. The number of hydrogen-bond donors (Lipinski definition) is 2. The Kier molecular flexibility index (Phi) is 14.3. The molecule has 2 amide bonds.